The fourth-order valence-electron chi connectivity index (χ4n) is 2.14. The standard InChI is InChI=1S/C17H19NO4/c1-11(2)8-16(21)22-17(12-6-4-3-5-7-12)14-9-13(19)10-15(20)18-14/h3-7,9-11,17H,8H2,1-2H3,(H2,18,19,20)/t17-/m1/s1. The van der Waals surface area contributed by atoms with Crippen LogP contribution in [0.25, 0.3) is 0 Å². The summed E-state index contributed by atoms with van der Waals surface area (Å²) in [6, 6.07) is 11.6. The average molecular weight is 301 g/mol. The Morgan fingerprint density at radius 3 is 2.50 bits per heavy atom. The quantitative estimate of drug-likeness (QED) is 0.832. The molecule has 2 N–H and O–H groups in total. The molecule has 0 aliphatic heterocycles. The summed E-state index contributed by atoms with van der Waals surface area (Å²) in [5.41, 5.74) is 0.616. The van der Waals surface area contributed by atoms with Crippen LogP contribution >= 0.6 is 0 Å². The van der Waals surface area contributed by atoms with Crippen LogP contribution in [0.5, 0.6) is 5.75 Å². The van der Waals surface area contributed by atoms with Gasteiger partial charge in [-0.25, -0.2) is 0 Å². The maximum absolute atomic E-state index is 12.0. The number of aromatic nitrogens is 1. The van der Waals surface area contributed by atoms with Gasteiger partial charge in [0.2, 0.25) is 0 Å². The number of carbonyl (C=O) groups is 1. The van der Waals surface area contributed by atoms with Crippen molar-refractivity contribution in [3.8, 4) is 5.75 Å². The lowest BCUT2D eigenvalue weighted by atomic mass is 10.1. The van der Waals surface area contributed by atoms with Gasteiger partial charge in [-0.3, -0.25) is 9.59 Å². The molecule has 0 fully saturated rings. The molecular weight excluding hydrogens is 282 g/mol. The molecule has 0 aliphatic carbocycles. The Labute approximate surface area is 128 Å². The van der Waals surface area contributed by atoms with Gasteiger partial charge >= 0.3 is 5.97 Å². The summed E-state index contributed by atoms with van der Waals surface area (Å²) < 4.78 is 5.52. The van der Waals surface area contributed by atoms with Crippen LogP contribution in [0.2, 0.25) is 0 Å². The number of hydrogen-bond acceptors (Lipinski definition) is 4. The fourth-order valence-corrected chi connectivity index (χ4v) is 2.14. The van der Waals surface area contributed by atoms with Crippen molar-refractivity contribution in [2.24, 2.45) is 5.92 Å². The van der Waals surface area contributed by atoms with Gasteiger partial charge in [-0.05, 0) is 11.5 Å². The maximum atomic E-state index is 12.0. The molecule has 1 aromatic carbocycles. The summed E-state index contributed by atoms with van der Waals surface area (Å²) >= 11 is 0. The van der Waals surface area contributed by atoms with Gasteiger partial charge in [0.25, 0.3) is 5.56 Å². The van der Waals surface area contributed by atoms with Crippen LogP contribution in [0.15, 0.2) is 47.3 Å². The molecule has 1 atom stereocenters. The van der Waals surface area contributed by atoms with E-state index in [1.807, 2.05) is 32.0 Å². The number of benzene rings is 1. The molecule has 116 valence electrons. The first-order valence-electron chi connectivity index (χ1n) is 7.13. The topological polar surface area (TPSA) is 79.4 Å². The third kappa shape index (κ3) is 4.22. The van der Waals surface area contributed by atoms with Crippen molar-refractivity contribution in [1.29, 1.82) is 0 Å². The second-order valence-corrected chi connectivity index (χ2v) is 5.54. The Hall–Kier alpha value is -2.56. The first kappa shape index (κ1) is 15.8. The zero-order valence-corrected chi connectivity index (χ0v) is 12.6. The van der Waals surface area contributed by atoms with Gasteiger partial charge in [0.15, 0.2) is 6.10 Å². The minimum Gasteiger partial charge on any atom is -0.508 e. The highest BCUT2D eigenvalue weighted by molar-refractivity contribution is 5.70. The molecule has 0 spiro atoms. The Morgan fingerprint density at radius 2 is 1.91 bits per heavy atom. The highest BCUT2D eigenvalue weighted by Crippen LogP contribution is 2.26. The van der Waals surface area contributed by atoms with Gasteiger partial charge in [0, 0.05) is 18.6 Å². The number of ether oxygens (including phenoxy) is 1. The van der Waals surface area contributed by atoms with E-state index in [1.54, 1.807) is 12.1 Å². The van der Waals surface area contributed by atoms with Crippen molar-refractivity contribution < 1.29 is 14.6 Å². The molecule has 0 saturated carbocycles. The predicted molar refractivity (Wildman–Crippen MR) is 82.6 cm³/mol. The SMILES string of the molecule is CC(C)CC(=O)O[C@H](c1ccccc1)c1cc(O)cc(=O)[nH]1. The summed E-state index contributed by atoms with van der Waals surface area (Å²) in [5, 5.41) is 9.61. The Balaban J connectivity index is 2.37. The number of pyridine rings is 1. The van der Waals surface area contributed by atoms with Crippen molar-refractivity contribution in [3.63, 3.8) is 0 Å². The number of nitrogens with one attached hydrogen (secondary N) is 1. The second kappa shape index (κ2) is 6.93. The molecule has 22 heavy (non-hydrogen) atoms. The van der Waals surface area contributed by atoms with Crippen molar-refractivity contribution in [1.82, 2.24) is 4.98 Å². The van der Waals surface area contributed by atoms with E-state index < -0.39 is 11.7 Å². The zero-order chi connectivity index (χ0) is 16.1. The largest absolute Gasteiger partial charge is 0.508 e. The van der Waals surface area contributed by atoms with E-state index in [0.717, 1.165) is 11.6 Å². The van der Waals surface area contributed by atoms with E-state index in [1.165, 1.54) is 6.07 Å². The smallest absolute Gasteiger partial charge is 0.307 e. The van der Waals surface area contributed by atoms with Crippen molar-refractivity contribution in [2.45, 2.75) is 26.4 Å². The number of aromatic amines is 1. The minimum absolute atomic E-state index is 0.167. The molecule has 0 unspecified atom stereocenters. The molecule has 0 aliphatic rings. The summed E-state index contributed by atoms with van der Waals surface area (Å²) in [6.45, 7) is 3.85. The van der Waals surface area contributed by atoms with E-state index >= 15 is 0 Å². The highest BCUT2D eigenvalue weighted by atomic mass is 16.5. The normalized spacial score (nSPS) is 12.1. The summed E-state index contributed by atoms with van der Waals surface area (Å²) in [7, 11) is 0. The molecule has 0 bridgehead atoms. The van der Waals surface area contributed by atoms with Crippen molar-refractivity contribution in [2.75, 3.05) is 0 Å². The average Bonchev–Trinajstić information content (AvgIpc) is 2.44. The molecule has 5 nitrogen and oxygen atoms in total. The summed E-state index contributed by atoms with van der Waals surface area (Å²) in [6.07, 6.45) is -0.473. The lowest BCUT2D eigenvalue weighted by molar-refractivity contribution is -0.148. The Kier molecular flexibility index (Phi) is 4.99. The molecule has 5 heteroatoms. The maximum Gasteiger partial charge on any atom is 0.307 e. The van der Waals surface area contributed by atoms with E-state index in [-0.39, 0.29) is 24.1 Å². The number of H-pyrrole nitrogens is 1. The highest BCUT2D eigenvalue weighted by Gasteiger charge is 2.21. The van der Waals surface area contributed by atoms with Gasteiger partial charge in [-0.15, -0.1) is 0 Å². The van der Waals surface area contributed by atoms with Crippen LogP contribution in [-0.4, -0.2) is 16.1 Å². The molecule has 2 rings (SSSR count). The van der Waals surface area contributed by atoms with Crippen LogP contribution < -0.4 is 5.56 Å². The third-order valence-electron chi connectivity index (χ3n) is 3.06. The molecule has 0 saturated heterocycles. The number of rotatable bonds is 5. The first-order chi connectivity index (χ1) is 10.5. The Bertz CT molecular complexity index is 691. The van der Waals surface area contributed by atoms with Crippen LogP contribution in [0.4, 0.5) is 0 Å². The van der Waals surface area contributed by atoms with Crippen molar-refractivity contribution >= 4 is 5.97 Å². The zero-order valence-electron chi connectivity index (χ0n) is 12.6. The van der Waals surface area contributed by atoms with Crippen LogP contribution in [-0.2, 0) is 9.53 Å². The van der Waals surface area contributed by atoms with E-state index in [4.69, 9.17) is 4.74 Å². The minimum atomic E-state index is -0.757. The van der Waals surface area contributed by atoms with Gasteiger partial charge < -0.3 is 14.8 Å². The number of aromatic hydroxyl groups is 1. The van der Waals surface area contributed by atoms with Crippen molar-refractivity contribution in [3.05, 3.63) is 64.1 Å². The van der Waals surface area contributed by atoms with Crippen LogP contribution in [0, 0.1) is 5.92 Å². The molecule has 2 aromatic rings. The van der Waals surface area contributed by atoms with Gasteiger partial charge in [0.1, 0.15) is 5.75 Å². The fraction of sp³-hybridized carbons (Fsp3) is 0.294. The predicted octanol–water partition coefficient (Wildman–Crippen LogP) is 2.76. The first-order valence-corrected chi connectivity index (χ1v) is 7.13. The van der Waals surface area contributed by atoms with E-state index in [0.29, 0.717) is 5.69 Å². The van der Waals surface area contributed by atoms with Crippen LogP contribution in [0.3, 0.4) is 0 Å². The third-order valence-corrected chi connectivity index (χ3v) is 3.06. The van der Waals surface area contributed by atoms with Gasteiger partial charge in [-0.1, -0.05) is 44.2 Å². The summed E-state index contributed by atoms with van der Waals surface area (Å²) in [4.78, 5) is 26.2. The van der Waals surface area contributed by atoms with Crippen LogP contribution in [0.1, 0.15) is 37.6 Å². The van der Waals surface area contributed by atoms with E-state index in [2.05, 4.69) is 4.98 Å². The molecule has 1 aromatic heterocycles. The lowest BCUT2D eigenvalue weighted by Crippen LogP contribution is -2.18. The number of esters is 1. The second-order valence-electron chi connectivity index (χ2n) is 5.54. The Morgan fingerprint density at radius 1 is 1.23 bits per heavy atom. The number of carbonyl (C=O) groups excluding carboxylic acids is 1. The van der Waals surface area contributed by atoms with E-state index in [9.17, 15) is 14.7 Å². The molecule has 0 amide bonds. The molecular formula is C17H19NO4. The summed E-state index contributed by atoms with van der Waals surface area (Å²) in [5.74, 6) is -0.347. The lowest BCUT2D eigenvalue weighted by Gasteiger charge is -2.19. The molecule has 0 radical (unpaired) electrons. The monoisotopic (exact) mass is 301 g/mol. The van der Waals surface area contributed by atoms with Gasteiger partial charge in [-0.2, -0.15) is 0 Å². The van der Waals surface area contributed by atoms with Gasteiger partial charge in [0.05, 0.1) is 5.69 Å². The number of hydrogen-bond donors (Lipinski definition) is 2. The molecule has 1 heterocycles.